The van der Waals surface area contributed by atoms with Crippen molar-refractivity contribution in [2.24, 2.45) is 0 Å². The number of nitrogens with zero attached hydrogens (tertiary/aromatic N) is 2. The van der Waals surface area contributed by atoms with Gasteiger partial charge in [-0.25, -0.2) is 0 Å². The summed E-state index contributed by atoms with van der Waals surface area (Å²) in [6.45, 7) is 3.13. The molecule has 2 aromatic rings. The first-order valence-electron chi connectivity index (χ1n) is 6.81. The van der Waals surface area contributed by atoms with Crippen LogP contribution in [0.4, 0.5) is 0 Å². The minimum absolute atomic E-state index is 0.307. The summed E-state index contributed by atoms with van der Waals surface area (Å²) in [4.78, 5) is 1.23. The van der Waals surface area contributed by atoms with E-state index in [-0.39, 0.29) is 0 Å². The number of aromatic nitrogens is 2. The summed E-state index contributed by atoms with van der Waals surface area (Å²) >= 11 is 7.72. The Kier molecular flexibility index (Phi) is 5.95. The smallest absolute Gasteiger partial charge is 0.0537 e. The Morgan fingerprint density at radius 2 is 2.10 bits per heavy atom. The fourth-order valence-electron chi connectivity index (χ4n) is 1.97. The summed E-state index contributed by atoms with van der Waals surface area (Å²) in [6, 6.07) is 8.27. The lowest BCUT2D eigenvalue weighted by atomic mass is 10.2. The molecule has 0 aliphatic heterocycles. The van der Waals surface area contributed by atoms with Crippen LogP contribution in [-0.2, 0) is 6.54 Å². The van der Waals surface area contributed by atoms with Crippen LogP contribution >= 0.6 is 23.4 Å². The summed E-state index contributed by atoms with van der Waals surface area (Å²) in [5, 5.41) is 8.52. The van der Waals surface area contributed by atoms with Gasteiger partial charge in [-0.1, -0.05) is 18.5 Å². The standard InChI is InChI=1S/C15H20ClN3S/c1-3-8-19-10-12(9-18-19)15(17-2)11-20-14-6-4-13(16)5-7-14/h4-7,9-10,15,17H,3,8,11H2,1-2H3. The van der Waals surface area contributed by atoms with E-state index >= 15 is 0 Å². The Bertz CT molecular complexity index is 524. The average Bonchev–Trinajstić information content (AvgIpc) is 2.91. The average molecular weight is 310 g/mol. The quantitative estimate of drug-likeness (QED) is 0.784. The predicted octanol–water partition coefficient (Wildman–Crippen LogP) is 4.00. The van der Waals surface area contributed by atoms with Crippen LogP contribution in [0, 0.1) is 0 Å². The van der Waals surface area contributed by atoms with E-state index in [9.17, 15) is 0 Å². The molecule has 0 spiro atoms. The monoisotopic (exact) mass is 309 g/mol. The van der Waals surface area contributed by atoms with Gasteiger partial charge in [0.1, 0.15) is 0 Å². The molecule has 108 valence electrons. The summed E-state index contributed by atoms with van der Waals surface area (Å²) in [7, 11) is 1.99. The lowest BCUT2D eigenvalue weighted by Gasteiger charge is -2.14. The molecule has 5 heteroatoms. The zero-order valence-corrected chi connectivity index (χ0v) is 13.4. The van der Waals surface area contributed by atoms with Crippen molar-refractivity contribution in [3.05, 3.63) is 47.2 Å². The normalized spacial score (nSPS) is 12.6. The van der Waals surface area contributed by atoms with E-state index in [1.165, 1.54) is 10.5 Å². The molecule has 0 aliphatic rings. The third kappa shape index (κ3) is 4.27. The Balaban J connectivity index is 1.95. The van der Waals surface area contributed by atoms with Gasteiger partial charge < -0.3 is 5.32 Å². The van der Waals surface area contributed by atoms with Crippen LogP contribution in [0.25, 0.3) is 0 Å². The lowest BCUT2D eigenvalue weighted by molar-refractivity contribution is 0.599. The molecule has 1 aromatic carbocycles. The van der Waals surface area contributed by atoms with E-state index in [4.69, 9.17) is 11.6 Å². The SMILES string of the molecule is CCCn1cc(C(CSc2ccc(Cl)cc2)NC)cn1. The Hall–Kier alpha value is -0.970. The van der Waals surface area contributed by atoms with Gasteiger partial charge in [0.15, 0.2) is 0 Å². The molecule has 3 nitrogen and oxygen atoms in total. The largest absolute Gasteiger partial charge is 0.312 e. The molecule has 1 N–H and O–H groups in total. The van der Waals surface area contributed by atoms with E-state index in [2.05, 4.69) is 35.7 Å². The highest BCUT2D eigenvalue weighted by atomic mass is 35.5. The fourth-order valence-corrected chi connectivity index (χ4v) is 3.14. The topological polar surface area (TPSA) is 29.9 Å². The first-order valence-corrected chi connectivity index (χ1v) is 8.17. The lowest BCUT2D eigenvalue weighted by Crippen LogP contribution is -2.18. The number of halogens is 1. The van der Waals surface area contributed by atoms with E-state index in [0.717, 1.165) is 23.7 Å². The molecular weight excluding hydrogens is 290 g/mol. The highest BCUT2D eigenvalue weighted by Crippen LogP contribution is 2.25. The predicted molar refractivity (Wildman–Crippen MR) is 86.5 cm³/mol. The number of hydrogen-bond donors (Lipinski definition) is 1. The zero-order chi connectivity index (χ0) is 14.4. The molecule has 0 fully saturated rings. The van der Waals surface area contributed by atoms with Crippen LogP contribution in [0.15, 0.2) is 41.6 Å². The van der Waals surface area contributed by atoms with Crippen molar-refractivity contribution in [2.75, 3.05) is 12.8 Å². The number of rotatable bonds is 7. The molecule has 0 aliphatic carbocycles. The zero-order valence-electron chi connectivity index (χ0n) is 11.8. The van der Waals surface area contributed by atoms with Crippen LogP contribution in [-0.4, -0.2) is 22.6 Å². The van der Waals surface area contributed by atoms with Gasteiger partial charge in [0.2, 0.25) is 0 Å². The molecule has 0 saturated heterocycles. The van der Waals surface area contributed by atoms with Crippen LogP contribution < -0.4 is 5.32 Å². The number of benzene rings is 1. The van der Waals surface area contributed by atoms with Gasteiger partial charge in [-0.3, -0.25) is 4.68 Å². The van der Waals surface area contributed by atoms with Crippen LogP contribution in [0.3, 0.4) is 0 Å². The third-order valence-electron chi connectivity index (χ3n) is 3.09. The molecule has 0 amide bonds. The van der Waals surface area contributed by atoms with Crippen molar-refractivity contribution < 1.29 is 0 Å². The fraction of sp³-hybridized carbons (Fsp3) is 0.400. The molecule has 0 bridgehead atoms. The Labute approximate surface area is 129 Å². The van der Waals surface area contributed by atoms with E-state index in [0.29, 0.717) is 6.04 Å². The molecular formula is C15H20ClN3S. The Morgan fingerprint density at radius 3 is 2.75 bits per heavy atom. The first kappa shape index (κ1) is 15.4. The van der Waals surface area contributed by atoms with Gasteiger partial charge in [0.25, 0.3) is 0 Å². The maximum Gasteiger partial charge on any atom is 0.0537 e. The minimum atomic E-state index is 0.307. The van der Waals surface area contributed by atoms with Gasteiger partial charge >= 0.3 is 0 Å². The van der Waals surface area contributed by atoms with E-state index < -0.39 is 0 Å². The van der Waals surface area contributed by atoms with Crippen LogP contribution in [0.1, 0.15) is 24.9 Å². The third-order valence-corrected chi connectivity index (χ3v) is 4.44. The number of hydrogen-bond acceptors (Lipinski definition) is 3. The second-order valence-corrected chi connectivity index (χ2v) is 6.17. The van der Waals surface area contributed by atoms with Gasteiger partial charge in [-0.15, -0.1) is 11.8 Å². The van der Waals surface area contributed by atoms with Gasteiger partial charge in [0, 0.05) is 40.0 Å². The van der Waals surface area contributed by atoms with Crippen molar-refractivity contribution in [3.63, 3.8) is 0 Å². The summed E-state index contributed by atoms with van der Waals surface area (Å²) < 4.78 is 2.01. The summed E-state index contributed by atoms with van der Waals surface area (Å²) in [5.41, 5.74) is 1.24. The number of aryl methyl sites for hydroxylation is 1. The van der Waals surface area contributed by atoms with Crippen LogP contribution in [0.2, 0.25) is 5.02 Å². The van der Waals surface area contributed by atoms with Crippen LogP contribution in [0.5, 0.6) is 0 Å². The summed E-state index contributed by atoms with van der Waals surface area (Å²) in [5.74, 6) is 0.968. The van der Waals surface area contributed by atoms with E-state index in [1.54, 1.807) is 0 Å². The number of nitrogens with one attached hydrogen (secondary N) is 1. The second-order valence-electron chi connectivity index (χ2n) is 4.64. The van der Waals surface area contributed by atoms with Crippen molar-refractivity contribution in [1.82, 2.24) is 15.1 Å². The molecule has 1 atom stereocenters. The Morgan fingerprint density at radius 1 is 1.35 bits per heavy atom. The van der Waals surface area contributed by atoms with E-state index in [1.807, 2.05) is 41.8 Å². The maximum atomic E-state index is 5.90. The van der Waals surface area contributed by atoms with Crippen molar-refractivity contribution in [3.8, 4) is 0 Å². The molecule has 0 saturated carbocycles. The maximum absolute atomic E-state index is 5.90. The highest BCUT2D eigenvalue weighted by molar-refractivity contribution is 7.99. The molecule has 1 aromatic heterocycles. The molecule has 0 radical (unpaired) electrons. The van der Waals surface area contributed by atoms with Crippen molar-refractivity contribution >= 4 is 23.4 Å². The minimum Gasteiger partial charge on any atom is -0.312 e. The van der Waals surface area contributed by atoms with Gasteiger partial charge in [-0.05, 0) is 37.7 Å². The first-order chi connectivity index (χ1) is 9.72. The van der Waals surface area contributed by atoms with Crippen molar-refractivity contribution in [1.29, 1.82) is 0 Å². The molecule has 2 rings (SSSR count). The number of thioether (sulfide) groups is 1. The summed E-state index contributed by atoms with van der Waals surface area (Å²) in [6.07, 6.45) is 5.19. The molecule has 1 unspecified atom stereocenters. The highest BCUT2D eigenvalue weighted by Gasteiger charge is 2.12. The second kappa shape index (κ2) is 7.72. The van der Waals surface area contributed by atoms with Crippen molar-refractivity contribution in [2.45, 2.75) is 30.8 Å². The van der Waals surface area contributed by atoms with Gasteiger partial charge in [-0.2, -0.15) is 5.10 Å². The molecule has 1 heterocycles. The van der Waals surface area contributed by atoms with Gasteiger partial charge in [0.05, 0.1) is 6.20 Å². The molecule has 20 heavy (non-hydrogen) atoms.